The van der Waals surface area contributed by atoms with E-state index in [1.807, 2.05) is 0 Å². The van der Waals surface area contributed by atoms with Crippen LogP contribution >= 0.6 is 0 Å². The number of hydrogen-bond donors (Lipinski definition) is 0. The zero-order valence-corrected chi connectivity index (χ0v) is 12.6. The summed E-state index contributed by atoms with van der Waals surface area (Å²) < 4.78 is 0. The van der Waals surface area contributed by atoms with E-state index in [0.717, 1.165) is 19.3 Å². The summed E-state index contributed by atoms with van der Waals surface area (Å²) in [4.78, 5) is 0. The summed E-state index contributed by atoms with van der Waals surface area (Å²) in [7, 11) is 0. The smallest absolute Gasteiger partial charge is 0.343 e. The summed E-state index contributed by atoms with van der Waals surface area (Å²) in [6.07, 6.45) is 6.83. The monoisotopic (exact) mass is 248 g/mol. The molecule has 0 aliphatic carbocycles. The molecule has 0 saturated carbocycles. The van der Waals surface area contributed by atoms with Gasteiger partial charge in [0.25, 0.3) is 0 Å². The zero-order chi connectivity index (χ0) is 10.2. The van der Waals surface area contributed by atoms with Crippen molar-refractivity contribution >= 4 is 0 Å². The topological polar surface area (TPSA) is 0 Å². The Morgan fingerprint density at radius 1 is 0.600 bits per heavy atom. The molecule has 0 spiro atoms. The van der Waals surface area contributed by atoms with Crippen molar-refractivity contribution in [2.45, 2.75) is 59.3 Å². The third-order valence-electron chi connectivity index (χ3n) is 1.06. The molecule has 15 heavy (non-hydrogen) atoms. The second kappa shape index (κ2) is 57.2. The summed E-state index contributed by atoms with van der Waals surface area (Å²) in [6.45, 7) is 17.2. The maximum atomic E-state index is 3.60. The van der Waals surface area contributed by atoms with Gasteiger partial charge < -0.3 is 20.8 Å². The Bertz CT molecular complexity index is 29.1. The van der Waals surface area contributed by atoms with Gasteiger partial charge in [-0.2, -0.15) is 19.3 Å². The second-order valence-electron chi connectivity index (χ2n) is 2.56. The van der Waals surface area contributed by atoms with E-state index < -0.39 is 0 Å². The average molecular weight is 249 g/mol. The van der Waals surface area contributed by atoms with Gasteiger partial charge in [0.1, 0.15) is 0 Å². The standard InChI is InChI=1S/3C4H9.Cu.2Li/c3*1-3-4-2;;;/h3*1,3-4H2,2H3;;;/q3*-1;3*+1. The van der Waals surface area contributed by atoms with E-state index in [0.29, 0.717) is 0 Å². The maximum absolute atomic E-state index is 3.60. The third kappa shape index (κ3) is 133. The van der Waals surface area contributed by atoms with Crippen LogP contribution in [0.2, 0.25) is 0 Å². The van der Waals surface area contributed by atoms with Crippen LogP contribution in [0, 0.1) is 20.8 Å². The van der Waals surface area contributed by atoms with Gasteiger partial charge in [-0.25, -0.2) is 0 Å². The molecule has 0 aliphatic rings. The fraction of sp³-hybridized carbons (Fsp3) is 0.750. The fourth-order valence-electron chi connectivity index (χ4n) is 0. The van der Waals surface area contributed by atoms with Crippen molar-refractivity contribution in [2.75, 3.05) is 0 Å². The van der Waals surface area contributed by atoms with E-state index in [2.05, 4.69) is 41.5 Å². The predicted molar refractivity (Wildman–Crippen MR) is 60.8 cm³/mol. The first-order chi connectivity index (χ1) is 5.74. The molecule has 88 valence electrons. The minimum Gasteiger partial charge on any atom is -0.343 e. The molecule has 0 bridgehead atoms. The van der Waals surface area contributed by atoms with E-state index in [1.165, 1.54) is 19.3 Å². The zero-order valence-electron chi connectivity index (χ0n) is 11.7. The van der Waals surface area contributed by atoms with Crippen LogP contribution in [0.1, 0.15) is 59.3 Å². The van der Waals surface area contributed by atoms with E-state index in [4.69, 9.17) is 0 Å². The molecule has 0 atom stereocenters. The van der Waals surface area contributed by atoms with E-state index in [-0.39, 0.29) is 54.8 Å². The molecule has 0 aromatic rings. The Morgan fingerprint density at radius 3 is 0.667 bits per heavy atom. The second-order valence-corrected chi connectivity index (χ2v) is 2.56. The van der Waals surface area contributed by atoms with Gasteiger partial charge in [-0.05, 0) is 0 Å². The van der Waals surface area contributed by atoms with E-state index in [9.17, 15) is 0 Å². The Hall–Kier alpha value is 1.71. The molecule has 0 rings (SSSR count). The molecule has 0 amide bonds. The van der Waals surface area contributed by atoms with Gasteiger partial charge >= 0.3 is 54.8 Å². The van der Waals surface area contributed by atoms with Gasteiger partial charge in [-0.3, -0.25) is 0 Å². The Balaban J connectivity index is -0.0000000184. The van der Waals surface area contributed by atoms with Crippen LogP contribution in [-0.2, 0) is 17.1 Å². The third-order valence-corrected chi connectivity index (χ3v) is 1.06. The van der Waals surface area contributed by atoms with Gasteiger partial charge in [0.2, 0.25) is 0 Å². The van der Waals surface area contributed by atoms with Gasteiger partial charge in [-0.15, -0.1) is 0 Å². The van der Waals surface area contributed by atoms with Crippen molar-refractivity contribution in [3.63, 3.8) is 0 Å². The van der Waals surface area contributed by atoms with Crippen molar-refractivity contribution in [1.29, 1.82) is 0 Å². The Kier molecular flexibility index (Phi) is 137. The summed E-state index contributed by atoms with van der Waals surface area (Å²) >= 11 is 0. The van der Waals surface area contributed by atoms with Crippen LogP contribution < -0.4 is 37.7 Å². The molecule has 0 heterocycles. The summed E-state index contributed by atoms with van der Waals surface area (Å²) in [5.41, 5.74) is 0. The van der Waals surface area contributed by atoms with E-state index >= 15 is 0 Å². The van der Waals surface area contributed by atoms with Crippen molar-refractivity contribution in [2.24, 2.45) is 0 Å². The largest absolute Gasteiger partial charge is 1.00 e. The molecule has 0 aromatic heterocycles. The molecule has 0 N–H and O–H groups in total. The molecule has 0 unspecified atom stereocenters. The van der Waals surface area contributed by atoms with Gasteiger partial charge in [0, 0.05) is 0 Å². The van der Waals surface area contributed by atoms with Crippen LogP contribution in [0.5, 0.6) is 0 Å². The van der Waals surface area contributed by atoms with E-state index in [1.54, 1.807) is 0 Å². The van der Waals surface area contributed by atoms with Gasteiger partial charge in [-0.1, -0.05) is 40.0 Å². The molecule has 0 saturated heterocycles. The summed E-state index contributed by atoms with van der Waals surface area (Å²) in [5, 5.41) is 0. The van der Waals surface area contributed by atoms with Crippen molar-refractivity contribution in [3.05, 3.63) is 20.8 Å². The Labute approximate surface area is 134 Å². The first kappa shape index (κ1) is 36.0. The number of hydrogen-bond acceptors (Lipinski definition) is 0. The molecular formula is C12H27CuLi2. The summed E-state index contributed by atoms with van der Waals surface area (Å²) in [6, 6.07) is 0. The van der Waals surface area contributed by atoms with Crippen molar-refractivity contribution in [1.82, 2.24) is 0 Å². The molecule has 3 heteroatoms. The van der Waals surface area contributed by atoms with Crippen LogP contribution in [0.15, 0.2) is 0 Å². The molecule has 0 aromatic carbocycles. The first-order valence-electron chi connectivity index (χ1n) is 5.12. The molecular weight excluding hydrogens is 222 g/mol. The van der Waals surface area contributed by atoms with Crippen LogP contribution in [0.25, 0.3) is 0 Å². The van der Waals surface area contributed by atoms with Crippen molar-refractivity contribution in [3.8, 4) is 0 Å². The first-order valence-corrected chi connectivity index (χ1v) is 5.12. The van der Waals surface area contributed by atoms with Crippen molar-refractivity contribution < 1.29 is 54.8 Å². The average Bonchev–Trinajstić information content (AvgIpc) is 2.18. The fourth-order valence-corrected chi connectivity index (χ4v) is 0. The minimum atomic E-state index is 0. The van der Waals surface area contributed by atoms with Crippen LogP contribution in [0.3, 0.4) is 0 Å². The molecule has 0 aliphatic heterocycles. The quantitative estimate of drug-likeness (QED) is 0.438. The normalized spacial score (nSPS) is 6.00. The molecule has 0 fully saturated rings. The van der Waals surface area contributed by atoms with Gasteiger partial charge in [0.15, 0.2) is 0 Å². The number of unbranched alkanes of at least 4 members (excludes halogenated alkanes) is 3. The number of rotatable bonds is 3. The van der Waals surface area contributed by atoms with Crippen LogP contribution in [-0.4, -0.2) is 0 Å². The maximum Gasteiger partial charge on any atom is 1.00 e. The predicted octanol–water partition coefficient (Wildman–Crippen LogP) is -1.13. The minimum absolute atomic E-state index is 0. The van der Waals surface area contributed by atoms with Crippen LogP contribution in [0.4, 0.5) is 0 Å². The molecule has 0 radical (unpaired) electrons. The van der Waals surface area contributed by atoms with Gasteiger partial charge in [0.05, 0.1) is 0 Å². The summed E-state index contributed by atoms with van der Waals surface area (Å²) in [5.74, 6) is 0. The molecule has 0 nitrogen and oxygen atoms in total. The SMILES string of the molecule is [CH2-]CCC.[CH2-]CCC.[CH2-]CCC.[Cu+].[Li+].[Li+]. The Morgan fingerprint density at radius 2 is 0.667 bits per heavy atom.